The van der Waals surface area contributed by atoms with Crippen molar-refractivity contribution in [2.45, 2.75) is 12.6 Å². The second-order valence-corrected chi connectivity index (χ2v) is 6.99. The minimum Gasteiger partial charge on any atom is -0.496 e. The molecule has 1 amide bonds. The Hall–Kier alpha value is -3.07. The summed E-state index contributed by atoms with van der Waals surface area (Å²) in [6.45, 7) is 0. The molecule has 0 unspecified atom stereocenters. The monoisotopic (exact) mass is 405 g/mol. The molecule has 4 rings (SSSR count). The molecule has 2 aromatic carbocycles. The van der Waals surface area contributed by atoms with Crippen LogP contribution in [0.1, 0.15) is 11.3 Å². The Morgan fingerprint density at radius 3 is 2.86 bits per heavy atom. The Labute approximate surface area is 161 Å². The first-order valence-corrected chi connectivity index (χ1v) is 9.12. The van der Waals surface area contributed by atoms with E-state index in [1.54, 1.807) is 7.11 Å². The van der Waals surface area contributed by atoms with Crippen LogP contribution in [0, 0.1) is 0 Å². The third-order valence-electron chi connectivity index (χ3n) is 4.30. The number of anilines is 1. The number of benzene rings is 2. The molecule has 0 aliphatic heterocycles. The van der Waals surface area contributed by atoms with E-state index in [1.165, 1.54) is 0 Å². The molecular formula is C19H14F3N3O2S. The normalized spacial score (nSPS) is 11.9. The molecule has 9 heteroatoms. The van der Waals surface area contributed by atoms with Crippen molar-refractivity contribution < 1.29 is 22.7 Å². The smallest absolute Gasteiger partial charge is 0.432 e. The highest BCUT2D eigenvalue weighted by atomic mass is 32.1. The molecule has 0 bridgehead atoms. The fraction of sp³-hybridized carbons (Fsp3) is 0.158. The van der Waals surface area contributed by atoms with Crippen LogP contribution in [0.15, 0.2) is 48.1 Å². The minimum atomic E-state index is -4.48. The molecule has 2 heterocycles. The quantitative estimate of drug-likeness (QED) is 0.533. The summed E-state index contributed by atoms with van der Waals surface area (Å²) in [5.41, 5.74) is -0.0418. The lowest BCUT2D eigenvalue weighted by atomic mass is 10.0. The van der Waals surface area contributed by atoms with Crippen molar-refractivity contribution in [3.63, 3.8) is 0 Å². The van der Waals surface area contributed by atoms with E-state index < -0.39 is 11.9 Å². The maximum atomic E-state index is 13.0. The van der Waals surface area contributed by atoms with Gasteiger partial charge in [-0.1, -0.05) is 30.3 Å². The molecule has 1 N–H and O–H groups in total. The molecule has 0 spiro atoms. The van der Waals surface area contributed by atoms with Crippen LogP contribution >= 0.6 is 11.3 Å². The van der Waals surface area contributed by atoms with Gasteiger partial charge >= 0.3 is 6.18 Å². The van der Waals surface area contributed by atoms with Crippen LogP contribution < -0.4 is 10.1 Å². The molecule has 0 radical (unpaired) electrons. The lowest BCUT2D eigenvalue weighted by molar-refractivity contribution is -0.141. The van der Waals surface area contributed by atoms with Gasteiger partial charge in [0.25, 0.3) is 0 Å². The summed E-state index contributed by atoms with van der Waals surface area (Å²) in [5, 5.41) is 5.47. The van der Waals surface area contributed by atoms with Gasteiger partial charge in [0.2, 0.25) is 5.91 Å². The van der Waals surface area contributed by atoms with Gasteiger partial charge in [0.1, 0.15) is 22.6 Å². The number of hydrogen-bond donors (Lipinski definition) is 1. The standard InChI is InChI=1S/C19H14F3N3O2S/c1-27-14-4-2-3-12-7-11(5-6-13(12)14)8-16(26)24-17-18-25(10-23-17)15(9-28-18)19(20,21)22/h2-7,9-10H,8H2,1H3,(H,24,26). The number of thiazole rings is 1. The Morgan fingerprint density at radius 2 is 2.11 bits per heavy atom. The molecule has 0 fully saturated rings. The predicted molar refractivity (Wildman–Crippen MR) is 101 cm³/mol. The number of carbonyl (C=O) groups excluding carboxylic acids is 1. The Bertz CT molecular complexity index is 1180. The van der Waals surface area contributed by atoms with Crippen LogP contribution in [0.5, 0.6) is 5.75 Å². The maximum Gasteiger partial charge on any atom is 0.432 e. The van der Waals surface area contributed by atoms with Crippen molar-refractivity contribution in [3.05, 3.63) is 59.4 Å². The number of rotatable bonds is 4. The van der Waals surface area contributed by atoms with Crippen molar-refractivity contribution >= 4 is 38.7 Å². The number of carbonyl (C=O) groups is 1. The van der Waals surface area contributed by atoms with E-state index in [9.17, 15) is 18.0 Å². The lowest BCUT2D eigenvalue weighted by Gasteiger charge is -2.07. The van der Waals surface area contributed by atoms with E-state index in [0.717, 1.165) is 49.5 Å². The Morgan fingerprint density at radius 1 is 1.29 bits per heavy atom. The molecule has 144 valence electrons. The van der Waals surface area contributed by atoms with E-state index in [1.807, 2.05) is 36.4 Å². The van der Waals surface area contributed by atoms with Gasteiger partial charge in [-0.05, 0) is 17.0 Å². The Balaban J connectivity index is 1.54. The second-order valence-electron chi connectivity index (χ2n) is 6.13. The fourth-order valence-corrected chi connectivity index (χ4v) is 3.98. The number of methoxy groups -OCH3 is 1. The van der Waals surface area contributed by atoms with Crippen LogP contribution in [-0.4, -0.2) is 22.4 Å². The molecule has 0 saturated heterocycles. The lowest BCUT2D eigenvalue weighted by Crippen LogP contribution is -2.14. The van der Waals surface area contributed by atoms with Gasteiger partial charge < -0.3 is 10.1 Å². The van der Waals surface area contributed by atoms with E-state index in [0.29, 0.717) is 0 Å². The molecule has 5 nitrogen and oxygen atoms in total. The zero-order chi connectivity index (χ0) is 19.9. The highest BCUT2D eigenvalue weighted by Crippen LogP contribution is 2.35. The first-order chi connectivity index (χ1) is 13.4. The molecule has 2 aromatic heterocycles. The fourth-order valence-electron chi connectivity index (χ4n) is 3.03. The first-order valence-electron chi connectivity index (χ1n) is 8.24. The summed E-state index contributed by atoms with van der Waals surface area (Å²) < 4.78 is 45.1. The second kappa shape index (κ2) is 6.83. The van der Waals surface area contributed by atoms with Gasteiger partial charge in [-0.2, -0.15) is 13.2 Å². The van der Waals surface area contributed by atoms with E-state index in [4.69, 9.17) is 4.74 Å². The average molecular weight is 405 g/mol. The third kappa shape index (κ3) is 3.29. The summed E-state index contributed by atoms with van der Waals surface area (Å²) in [6.07, 6.45) is -3.34. The topological polar surface area (TPSA) is 55.6 Å². The van der Waals surface area contributed by atoms with Gasteiger partial charge in [-0.3, -0.25) is 9.20 Å². The van der Waals surface area contributed by atoms with Crippen molar-refractivity contribution in [3.8, 4) is 5.75 Å². The average Bonchev–Trinajstić information content (AvgIpc) is 3.23. The van der Waals surface area contributed by atoms with Crippen LogP contribution in [0.3, 0.4) is 0 Å². The third-order valence-corrected chi connectivity index (χ3v) is 5.26. The number of fused-ring (bicyclic) bond motifs is 2. The molecule has 0 aliphatic rings. The van der Waals surface area contributed by atoms with Crippen molar-refractivity contribution in [2.24, 2.45) is 0 Å². The minimum absolute atomic E-state index is 0.0731. The van der Waals surface area contributed by atoms with Crippen LogP contribution in [0.4, 0.5) is 19.0 Å². The molecular weight excluding hydrogens is 391 g/mol. The summed E-state index contributed by atoms with van der Waals surface area (Å²) >= 11 is 0.880. The van der Waals surface area contributed by atoms with E-state index in [-0.39, 0.29) is 23.0 Å². The molecule has 0 atom stereocenters. The number of halogens is 3. The number of nitrogens with zero attached hydrogens (tertiary/aromatic N) is 2. The number of alkyl halides is 3. The summed E-state index contributed by atoms with van der Waals surface area (Å²) in [5.74, 6) is 0.504. The van der Waals surface area contributed by atoms with Gasteiger partial charge in [-0.25, -0.2) is 4.98 Å². The summed E-state index contributed by atoms with van der Waals surface area (Å²) in [6, 6.07) is 11.2. The number of hydrogen-bond acceptors (Lipinski definition) is 4. The van der Waals surface area contributed by atoms with Gasteiger partial charge in [0.05, 0.1) is 13.5 Å². The Kier molecular flexibility index (Phi) is 4.46. The highest BCUT2D eigenvalue weighted by Gasteiger charge is 2.35. The number of ether oxygens (including phenoxy) is 1. The van der Waals surface area contributed by atoms with Crippen LogP contribution in [0.25, 0.3) is 15.6 Å². The van der Waals surface area contributed by atoms with E-state index in [2.05, 4.69) is 10.3 Å². The van der Waals surface area contributed by atoms with Crippen molar-refractivity contribution in [1.29, 1.82) is 0 Å². The number of imidazole rings is 1. The largest absolute Gasteiger partial charge is 0.496 e. The van der Waals surface area contributed by atoms with Crippen LogP contribution in [0.2, 0.25) is 0 Å². The van der Waals surface area contributed by atoms with Gasteiger partial charge in [0.15, 0.2) is 5.82 Å². The van der Waals surface area contributed by atoms with Crippen molar-refractivity contribution in [2.75, 3.05) is 12.4 Å². The summed E-state index contributed by atoms with van der Waals surface area (Å²) in [7, 11) is 1.59. The van der Waals surface area contributed by atoms with Gasteiger partial charge in [0, 0.05) is 10.8 Å². The van der Waals surface area contributed by atoms with E-state index >= 15 is 0 Å². The molecule has 28 heavy (non-hydrogen) atoms. The zero-order valence-electron chi connectivity index (χ0n) is 14.6. The SMILES string of the molecule is COc1cccc2cc(CC(=O)Nc3ncn4c(C(F)(F)F)csc34)ccc12. The number of amides is 1. The molecule has 0 aliphatic carbocycles. The molecule has 4 aromatic rings. The number of nitrogens with one attached hydrogen (secondary N) is 1. The summed E-state index contributed by atoms with van der Waals surface area (Å²) in [4.78, 5) is 16.5. The van der Waals surface area contributed by atoms with Crippen molar-refractivity contribution in [1.82, 2.24) is 9.38 Å². The molecule has 0 saturated carbocycles. The number of aromatic nitrogens is 2. The highest BCUT2D eigenvalue weighted by molar-refractivity contribution is 7.16. The van der Waals surface area contributed by atoms with Crippen LogP contribution in [-0.2, 0) is 17.4 Å². The zero-order valence-corrected chi connectivity index (χ0v) is 15.4. The van der Waals surface area contributed by atoms with Gasteiger partial charge in [-0.15, -0.1) is 11.3 Å². The predicted octanol–water partition coefficient (Wildman–Crippen LogP) is 4.76. The first kappa shape index (κ1) is 18.3. The maximum absolute atomic E-state index is 13.0.